The molecule has 0 unspecified atom stereocenters. The van der Waals surface area contributed by atoms with Crippen LogP contribution in [0.3, 0.4) is 0 Å². The van der Waals surface area contributed by atoms with E-state index >= 15 is 0 Å². The van der Waals surface area contributed by atoms with Gasteiger partial charge in [-0.15, -0.1) is 0 Å². The van der Waals surface area contributed by atoms with Crippen molar-refractivity contribution in [1.82, 2.24) is 0 Å². The lowest BCUT2D eigenvalue weighted by atomic mass is 10.1. The van der Waals surface area contributed by atoms with Crippen LogP contribution < -0.4 is 0 Å². The Morgan fingerprint density at radius 2 is 2.21 bits per heavy atom. The zero-order valence-corrected chi connectivity index (χ0v) is 10.3. The molecule has 0 aliphatic heterocycles. The summed E-state index contributed by atoms with van der Waals surface area (Å²) < 4.78 is 5.60. The second kappa shape index (κ2) is 4.80. The number of benzene rings is 1. The topological polar surface area (TPSA) is 26.3 Å². The van der Waals surface area contributed by atoms with E-state index in [0.717, 1.165) is 10.0 Å². The number of carbonyl (C=O) groups excluding carboxylic acids is 1. The van der Waals surface area contributed by atoms with Crippen LogP contribution in [0.4, 0.5) is 0 Å². The molecule has 1 rings (SSSR count). The summed E-state index contributed by atoms with van der Waals surface area (Å²) in [6.07, 6.45) is 0. The van der Waals surface area contributed by atoms with Crippen LogP contribution in [0.25, 0.3) is 0 Å². The predicted molar refractivity (Wildman–Crippen MR) is 59.8 cm³/mol. The molecule has 14 heavy (non-hydrogen) atoms. The SMILES string of the molecule is CCOC(=O)c1ccc(C)c(Br)c1Cl. The number of rotatable bonds is 2. The third-order valence-corrected chi connectivity index (χ3v) is 3.41. The van der Waals surface area contributed by atoms with Crippen LogP contribution >= 0.6 is 27.5 Å². The van der Waals surface area contributed by atoms with Gasteiger partial charge in [0.25, 0.3) is 0 Å². The summed E-state index contributed by atoms with van der Waals surface area (Å²) in [5.74, 6) is -0.391. The van der Waals surface area contributed by atoms with Crippen LogP contribution in [0.15, 0.2) is 16.6 Å². The summed E-state index contributed by atoms with van der Waals surface area (Å²) in [5, 5.41) is 0.406. The Bertz CT molecular complexity index is 363. The zero-order chi connectivity index (χ0) is 10.7. The molecule has 0 bridgehead atoms. The molecule has 2 nitrogen and oxygen atoms in total. The smallest absolute Gasteiger partial charge is 0.339 e. The fourth-order valence-corrected chi connectivity index (χ4v) is 1.65. The number of hydrogen-bond donors (Lipinski definition) is 0. The third kappa shape index (κ3) is 2.28. The average molecular weight is 278 g/mol. The van der Waals surface area contributed by atoms with E-state index in [1.54, 1.807) is 13.0 Å². The number of hydrogen-bond acceptors (Lipinski definition) is 2. The highest BCUT2D eigenvalue weighted by Crippen LogP contribution is 2.29. The Balaban J connectivity index is 3.11. The monoisotopic (exact) mass is 276 g/mol. The van der Waals surface area contributed by atoms with Gasteiger partial charge >= 0.3 is 5.97 Å². The number of ether oxygens (including phenoxy) is 1. The van der Waals surface area contributed by atoms with E-state index < -0.39 is 5.97 Å². The molecule has 0 aromatic heterocycles. The van der Waals surface area contributed by atoms with Crippen molar-refractivity contribution < 1.29 is 9.53 Å². The number of aryl methyl sites for hydroxylation is 1. The minimum atomic E-state index is -0.391. The average Bonchev–Trinajstić information content (AvgIpc) is 2.15. The highest BCUT2D eigenvalue weighted by atomic mass is 79.9. The molecule has 0 amide bonds. The summed E-state index contributed by atoms with van der Waals surface area (Å²) in [6.45, 7) is 4.01. The first kappa shape index (κ1) is 11.5. The van der Waals surface area contributed by atoms with Crippen molar-refractivity contribution >= 4 is 33.5 Å². The Labute approximate surface area is 96.3 Å². The standard InChI is InChI=1S/C10H10BrClO2/c1-3-14-10(13)7-5-4-6(2)8(11)9(7)12/h4-5H,3H2,1-2H3. The maximum atomic E-state index is 11.4. The molecular formula is C10H10BrClO2. The zero-order valence-electron chi connectivity index (χ0n) is 7.93. The first-order valence-corrected chi connectivity index (χ1v) is 5.36. The maximum Gasteiger partial charge on any atom is 0.339 e. The molecule has 1 aromatic rings. The van der Waals surface area contributed by atoms with Crippen molar-refractivity contribution in [3.8, 4) is 0 Å². The van der Waals surface area contributed by atoms with Crippen molar-refractivity contribution in [2.45, 2.75) is 13.8 Å². The van der Waals surface area contributed by atoms with Gasteiger partial charge in [0.1, 0.15) is 0 Å². The van der Waals surface area contributed by atoms with Crippen LogP contribution in [-0.4, -0.2) is 12.6 Å². The van der Waals surface area contributed by atoms with E-state index in [2.05, 4.69) is 15.9 Å². The van der Waals surface area contributed by atoms with Gasteiger partial charge < -0.3 is 4.74 Å². The molecule has 4 heteroatoms. The highest BCUT2D eigenvalue weighted by Gasteiger charge is 2.14. The lowest BCUT2D eigenvalue weighted by Gasteiger charge is -2.07. The molecule has 1 aromatic carbocycles. The normalized spacial score (nSPS) is 10.0. The highest BCUT2D eigenvalue weighted by molar-refractivity contribution is 9.10. The van der Waals surface area contributed by atoms with Crippen LogP contribution in [0.2, 0.25) is 5.02 Å². The maximum absolute atomic E-state index is 11.4. The van der Waals surface area contributed by atoms with E-state index in [1.807, 2.05) is 13.0 Å². The van der Waals surface area contributed by atoms with E-state index in [1.165, 1.54) is 0 Å². The second-order valence-corrected chi connectivity index (χ2v) is 3.95. The van der Waals surface area contributed by atoms with E-state index in [-0.39, 0.29) is 0 Å². The minimum absolute atomic E-state index is 0.348. The van der Waals surface area contributed by atoms with Gasteiger partial charge in [0.05, 0.1) is 17.2 Å². The predicted octanol–water partition coefficient (Wildman–Crippen LogP) is 3.59. The van der Waals surface area contributed by atoms with Gasteiger partial charge in [-0.25, -0.2) is 4.79 Å². The molecule has 0 N–H and O–H groups in total. The first-order valence-electron chi connectivity index (χ1n) is 4.19. The van der Waals surface area contributed by atoms with E-state index in [0.29, 0.717) is 17.2 Å². The van der Waals surface area contributed by atoms with Crippen LogP contribution in [-0.2, 0) is 4.74 Å². The van der Waals surface area contributed by atoms with Gasteiger partial charge in [0, 0.05) is 4.47 Å². The lowest BCUT2D eigenvalue weighted by Crippen LogP contribution is -2.05. The second-order valence-electron chi connectivity index (χ2n) is 2.78. The summed E-state index contributed by atoms with van der Waals surface area (Å²) >= 11 is 9.29. The minimum Gasteiger partial charge on any atom is -0.462 e. The van der Waals surface area contributed by atoms with Gasteiger partial charge in [-0.1, -0.05) is 17.7 Å². The van der Waals surface area contributed by atoms with Crippen LogP contribution in [0.1, 0.15) is 22.8 Å². The van der Waals surface area contributed by atoms with Crippen LogP contribution in [0.5, 0.6) is 0 Å². The fourth-order valence-electron chi connectivity index (χ4n) is 1.01. The molecule has 0 heterocycles. The van der Waals surface area contributed by atoms with E-state index in [9.17, 15) is 4.79 Å². The lowest BCUT2D eigenvalue weighted by molar-refractivity contribution is 0.0526. The largest absolute Gasteiger partial charge is 0.462 e. The molecule has 0 saturated carbocycles. The summed E-state index contributed by atoms with van der Waals surface area (Å²) in [7, 11) is 0. The number of halogens is 2. The molecule has 0 fully saturated rings. The molecule has 0 saturated heterocycles. The summed E-state index contributed by atoms with van der Waals surface area (Å²) in [4.78, 5) is 11.4. The molecule has 0 radical (unpaired) electrons. The van der Waals surface area contributed by atoms with Gasteiger partial charge in [0.15, 0.2) is 0 Å². The van der Waals surface area contributed by atoms with Gasteiger partial charge in [-0.2, -0.15) is 0 Å². The Kier molecular flexibility index (Phi) is 3.96. The number of esters is 1. The summed E-state index contributed by atoms with van der Waals surface area (Å²) in [5.41, 5.74) is 1.38. The molecule has 0 aliphatic carbocycles. The van der Waals surface area contributed by atoms with E-state index in [4.69, 9.17) is 16.3 Å². The van der Waals surface area contributed by atoms with Crippen molar-refractivity contribution in [1.29, 1.82) is 0 Å². The molecule has 0 atom stereocenters. The molecule has 0 aliphatic rings. The Hall–Kier alpha value is -0.540. The van der Waals surface area contributed by atoms with Crippen molar-refractivity contribution in [3.63, 3.8) is 0 Å². The Morgan fingerprint density at radius 1 is 1.57 bits per heavy atom. The van der Waals surface area contributed by atoms with Gasteiger partial charge in [-0.3, -0.25) is 0 Å². The van der Waals surface area contributed by atoms with Crippen molar-refractivity contribution in [3.05, 3.63) is 32.8 Å². The quantitative estimate of drug-likeness (QED) is 0.772. The van der Waals surface area contributed by atoms with Crippen LogP contribution in [0, 0.1) is 6.92 Å². The molecule has 76 valence electrons. The number of carbonyl (C=O) groups is 1. The van der Waals surface area contributed by atoms with Crippen molar-refractivity contribution in [2.24, 2.45) is 0 Å². The Morgan fingerprint density at radius 3 is 2.79 bits per heavy atom. The molecule has 0 spiro atoms. The van der Waals surface area contributed by atoms with Gasteiger partial charge in [0.2, 0.25) is 0 Å². The van der Waals surface area contributed by atoms with Gasteiger partial charge in [-0.05, 0) is 41.4 Å². The third-order valence-electron chi connectivity index (χ3n) is 1.77. The summed E-state index contributed by atoms with van der Waals surface area (Å²) in [6, 6.07) is 3.49. The molecular weight excluding hydrogens is 267 g/mol. The van der Waals surface area contributed by atoms with Crippen molar-refractivity contribution in [2.75, 3.05) is 6.61 Å². The fraction of sp³-hybridized carbons (Fsp3) is 0.300. The first-order chi connectivity index (χ1) is 6.57.